The molecule has 20 heavy (non-hydrogen) atoms. The molecule has 2 rings (SSSR count). The van der Waals surface area contributed by atoms with Crippen molar-refractivity contribution < 1.29 is 13.2 Å². The van der Waals surface area contributed by atoms with Gasteiger partial charge in [0.15, 0.2) is 0 Å². The smallest absolute Gasteiger partial charge is 0.250 e. The Bertz CT molecular complexity index is 577. The highest BCUT2D eigenvalue weighted by Crippen LogP contribution is 2.34. The summed E-state index contributed by atoms with van der Waals surface area (Å²) >= 11 is 10.0. The van der Waals surface area contributed by atoms with Gasteiger partial charge in [-0.25, -0.2) is 13.1 Å². The van der Waals surface area contributed by atoms with E-state index in [4.69, 9.17) is 11.6 Å². The fraction of sp³-hybridized carbons (Fsp3) is 0.545. The van der Waals surface area contributed by atoms with Crippen molar-refractivity contribution >= 4 is 54.8 Å². The predicted molar refractivity (Wildman–Crippen MR) is 82.6 cm³/mol. The van der Waals surface area contributed by atoms with Crippen molar-refractivity contribution in [2.75, 3.05) is 19.6 Å². The van der Waals surface area contributed by atoms with Gasteiger partial charge in [0.1, 0.15) is 4.21 Å². The van der Waals surface area contributed by atoms with Gasteiger partial charge in [-0.05, 0) is 41.3 Å². The molecule has 1 aliphatic rings. The molecule has 0 aromatic carbocycles. The van der Waals surface area contributed by atoms with Crippen molar-refractivity contribution in [2.45, 2.75) is 23.5 Å². The Kier molecular flexibility index (Phi) is 5.47. The average molecular weight is 402 g/mol. The number of sulfonamides is 1. The second-order valence-electron chi connectivity index (χ2n) is 4.45. The minimum atomic E-state index is -3.69. The Morgan fingerprint density at radius 1 is 1.40 bits per heavy atom. The van der Waals surface area contributed by atoms with Gasteiger partial charge >= 0.3 is 0 Å². The lowest BCUT2D eigenvalue weighted by Crippen LogP contribution is -2.42. The number of nitrogens with zero attached hydrogens (tertiary/aromatic N) is 1. The Hall–Kier alpha value is -0.150. The van der Waals surface area contributed by atoms with Crippen LogP contribution in [-0.2, 0) is 14.8 Å². The van der Waals surface area contributed by atoms with Crippen LogP contribution < -0.4 is 4.72 Å². The molecular formula is C11H14BrClN2O3S2. The zero-order chi connectivity index (χ0) is 14.8. The van der Waals surface area contributed by atoms with Crippen LogP contribution in [0.2, 0.25) is 5.02 Å². The van der Waals surface area contributed by atoms with Gasteiger partial charge in [0, 0.05) is 13.1 Å². The fourth-order valence-corrected chi connectivity index (χ4v) is 5.36. The minimum absolute atomic E-state index is 0.0980. The lowest BCUT2D eigenvalue weighted by molar-refractivity contribution is -0.130. The van der Waals surface area contributed by atoms with Crippen molar-refractivity contribution in [2.24, 2.45) is 0 Å². The number of halogens is 2. The van der Waals surface area contributed by atoms with E-state index in [1.165, 1.54) is 6.07 Å². The average Bonchev–Trinajstić information content (AvgIpc) is 2.78. The van der Waals surface area contributed by atoms with E-state index in [0.29, 0.717) is 21.9 Å². The molecular weight excluding hydrogens is 388 g/mol. The molecule has 0 spiro atoms. The predicted octanol–water partition coefficient (Wildman–Crippen LogP) is 2.45. The number of hydrogen-bond donors (Lipinski definition) is 1. The molecule has 1 N–H and O–H groups in total. The normalized spacial score (nSPS) is 16.4. The Labute approximate surface area is 135 Å². The second-order valence-corrected chi connectivity index (χ2v) is 9.22. The van der Waals surface area contributed by atoms with Crippen LogP contribution in [-0.4, -0.2) is 38.9 Å². The molecule has 0 saturated carbocycles. The first-order chi connectivity index (χ1) is 9.40. The van der Waals surface area contributed by atoms with E-state index in [9.17, 15) is 13.2 Å². The summed E-state index contributed by atoms with van der Waals surface area (Å²) in [4.78, 5) is 13.6. The quantitative estimate of drug-likeness (QED) is 0.843. The lowest BCUT2D eigenvalue weighted by atomic mass is 10.1. The van der Waals surface area contributed by atoms with E-state index in [1.54, 1.807) is 4.90 Å². The van der Waals surface area contributed by atoms with Crippen LogP contribution in [0.5, 0.6) is 0 Å². The maximum absolute atomic E-state index is 12.0. The molecule has 1 aromatic heterocycles. The fourth-order valence-electron chi connectivity index (χ4n) is 1.94. The summed E-state index contributed by atoms with van der Waals surface area (Å²) < 4.78 is 27.0. The first-order valence-electron chi connectivity index (χ1n) is 6.12. The maximum atomic E-state index is 12.0. The zero-order valence-corrected chi connectivity index (χ0v) is 14.5. The van der Waals surface area contributed by atoms with Crippen LogP contribution in [0, 0.1) is 0 Å². The van der Waals surface area contributed by atoms with E-state index in [1.807, 2.05) is 0 Å². The monoisotopic (exact) mass is 400 g/mol. The van der Waals surface area contributed by atoms with Crippen LogP contribution >= 0.6 is 38.9 Å². The third-order valence-electron chi connectivity index (χ3n) is 3.01. The summed E-state index contributed by atoms with van der Waals surface area (Å²) in [5.41, 5.74) is 0. The zero-order valence-electron chi connectivity index (χ0n) is 10.6. The number of likely N-dealkylation sites (tertiary alicyclic amines) is 1. The largest absolute Gasteiger partial charge is 0.342 e. The Morgan fingerprint density at radius 2 is 2.05 bits per heavy atom. The van der Waals surface area contributed by atoms with Gasteiger partial charge in [-0.15, -0.1) is 11.3 Å². The molecule has 5 nitrogen and oxygen atoms in total. The Morgan fingerprint density at radius 3 is 2.60 bits per heavy atom. The van der Waals surface area contributed by atoms with Gasteiger partial charge in [0.25, 0.3) is 10.0 Å². The van der Waals surface area contributed by atoms with Gasteiger partial charge in [-0.1, -0.05) is 11.6 Å². The summed E-state index contributed by atoms with van der Waals surface area (Å²) in [7, 11) is -3.69. The van der Waals surface area contributed by atoms with Gasteiger partial charge < -0.3 is 4.90 Å². The van der Waals surface area contributed by atoms with Crippen molar-refractivity contribution in [3.05, 3.63) is 14.9 Å². The van der Waals surface area contributed by atoms with Crippen molar-refractivity contribution in [1.29, 1.82) is 0 Å². The third-order valence-corrected chi connectivity index (χ3v) is 7.36. The van der Waals surface area contributed by atoms with Crippen molar-refractivity contribution in [1.82, 2.24) is 9.62 Å². The van der Waals surface area contributed by atoms with Crippen LogP contribution in [0.1, 0.15) is 19.3 Å². The SMILES string of the molecule is O=C(CNS(=O)(=O)c1cc(Cl)c(Br)s1)N1CCCCC1. The van der Waals surface area contributed by atoms with Gasteiger partial charge in [-0.2, -0.15) is 0 Å². The highest BCUT2D eigenvalue weighted by Gasteiger charge is 2.22. The van der Waals surface area contributed by atoms with E-state index >= 15 is 0 Å². The van der Waals surface area contributed by atoms with E-state index < -0.39 is 10.0 Å². The minimum Gasteiger partial charge on any atom is -0.342 e. The molecule has 0 unspecified atom stereocenters. The van der Waals surface area contributed by atoms with E-state index in [2.05, 4.69) is 20.7 Å². The lowest BCUT2D eigenvalue weighted by Gasteiger charge is -2.26. The summed E-state index contributed by atoms with van der Waals surface area (Å²) in [6.07, 6.45) is 3.08. The summed E-state index contributed by atoms with van der Waals surface area (Å²) in [5, 5.41) is 0.345. The molecule has 112 valence electrons. The van der Waals surface area contributed by atoms with Gasteiger partial charge in [0.2, 0.25) is 5.91 Å². The Balaban J connectivity index is 1.96. The number of thiophene rings is 1. The second kappa shape index (κ2) is 6.74. The number of carbonyl (C=O) groups is 1. The molecule has 0 bridgehead atoms. The molecule has 0 aliphatic carbocycles. The van der Waals surface area contributed by atoms with Crippen LogP contribution in [0.15, 0.2) is 14.1 Å². The maximum Gasteiger partial charge on any atom is 0.250 e. The highest BCUT2D eigenvalue weighted by molar-refractivity contribution is 9.11. The standard InChI is InChI=1S/C11H14BrClN2O3S2/c12-11-8(13)6-10(19-11)20(17,18)14-7-9(16)15-4-2-1-3-5-15/h6,14H,1-5,7H2. The number of nitrogens with one attached hydrogen (secondary N) is 1. The van der Waals surface area contributed by atoms with Crippen molar-refractivity contribution in [3.63, 3.8) is 0 Å². The van der Waals surface area contributed by atoms with Crippen LogP contribution in [0.25, 0.3) is 0 Å². The summed E-state index contributed by atoms with van der Waals surface area (Å²) in [5.74, 6) is -0.185. The van der Waals surface area contributed by atoms with Crippen LogP contribution in [0.4, 0.5) is 0 Å². The summed E-state index contributed by atoms with van der Waals surface area (Å²) in [6, 6.07) is 1.37. The van der Waals surface area contributed by atoms with Crippen LogP contribution in [0.3, 0.4) is 0 Å². The van der Waals surface area contributed by atoms with Gasteiger partial charge in [-0.3, -0.25) is 4.79 Å². The molecule has 0 radical (unpaired) electrons. The molecule has 1 aliphatic heterocycles. The molecule has 9 heteroatoms. The number of amides is 1. The molecule has 1 amide bonds. The number of rotatable bonds is 4. The first-order valence-corrected chi connectivity index (χ1v) is 9.59. The topological polar surface area (TPSA) is 66.5 Å². The molecule has 0 atom stereocenters. The molecule has 1 saturated heterocycles. The summed E-state index contributed by atoms with van der Waals surface area (Å²) in [6.45, 7) is 1.20. The van der Waals surface area contributed by atoms with E-state index in [0.717, 1.165) is 30.6 Å². The van der Waals surface area contributed by atoms with Gasteiger partial charge in [0.05, 0.1) is 15.4 Å². The molecule has 2 heterocycles. The molecule has 1 fully saturated rings. The van der Waals surface area contributed by atoms with Crippen molar-refractivity contribution in [3.8, 4) is 0 Å². The van der Waals surface area contributed by atoms with E-state index in [-0.39, 0.29) is 16.7 Å². The molecule has 1 aromatic rings. The third kappa shape index (κ3) is 3.94. The number of hydrogen-bond acceptors (Lipinski definition) is 4. The number of piperidine rings is 1. The highest BCUT2D eigenvalue weighted by atomic mass is 79.9. The number of carbonyl (C=O) groups excluding carboxylic acids is 1. The first kappa shape index (κ1) is 16.2.